The normalized spacial score (nSPS) is 15.5. The first-order valence-corrected chi connectivity index (χ1v) is 3.51. The Balaban J connectivity index is 4.17. The van der Waals surface area contributed by atoms with Gasteiger partial charge in [-0.25, -0.2) is 0 Å². The second-order valence-electron chi connectivity index (χ2n) is 2.89. The summed E-state index contributed by atoms with van der Waals surface area (Å²) in [5, 5.41) is 9.28. The molecule has 1 nitrogen and oxygen atoms in total. The number of terminal acetylenes is 1. The highest BCUT2D eigenvalue weighted by Gasteiger charge is 2.08. The fourth-order valence-electron chi connectivity index (χ4n) is 0.476. The van der Waals surface area contributed by atoms with Gasteiger partial charge in [-0.1, -0.05) is 23.6 Å². The zero-order chi connectivity index (χ0) is 8.91. The molecule has 0 aliphatic rings. The first kappa shape index (κ1) is 10.0. The molecule has 1 heteroatoms. The van der Waals surface area contributed by atoms with Crippen LogP contribution >= 0.6 is 0 Å². The van der Waals surface area contributed by atoms with Gasteiger partial charge in [0, 0.05) is 0 Å². The van der Waals surface area contributed by atoms with Crippen LogP contribution in [0.4, 0.5) is 0 Å². The van der Waals surface area contributed by atoms with E-state index in [2.05, 4.69) is 5.92 Å². The van der Waals surface area contributed by atoms with Crippen LogP contribution in [0.1, 0.15) is 20.8 Å². The summed E-state index contributed by atoms with van der Waals surface area (Å²) in [5.74, 6) is 2.25. The Morgan fingerprint density at radius 1 is 1.55 bits per heavy atom. The van der Waals surface area contributed by atoms with E-state index in [4.69, 9.17) is 6.42 Å². The van der Waals surface area contributed by atoms with Crippen LogP contribution in [0.15, 0.2) is 23.8 Å². The highest BCUT2D eigenvalue weighted by molar-refractivity contribution is 5.21. The molecule has 0 fully saturated rings. The molecule has 0 spiro atoms. The predicted molar refractivity (Wildman–Crippen MR) is 48.0 cm³/mol. The average Bonchev–Trinajstić information content (AvgIpc) is 1.87. The zero-order valence-corrected chi connectivity index (χ0v) is 7.26. The maximum absolute atomic E-state index is 9.28. The minimum Gasteiger partial charge on any atom is -0.374 e. The summed E-state index contributed by atoms with van der Waals surface area (Å²) < 4.78 is 0. The molecule has 0 saturated carbocycles. The van der Waals surface area contributed by atoms with E-state index >= 15 is 0 Å². The molecule has 0 radical (unpaired) electrons. The van der Waals surface area contributed by atoms with Crippen molar-refractivity contribution in [2.75, 3.05) is 0 Å². The summed E-state index contributed by atoms with van der Waals surface area (Å²) in [4.78, 5) is 0. The Kier molecular flexibility index (Phi) is 3.64. The molecule has 0 aromatic heterocycles. The largest absolute Gasteiger partial charge is 0.374 e. The average molecular weight is 150 g/mol. The molecule has 0 aliphatic heterocycles. The first-order chi connectivity index (χ1) is 4.98. The lowest BCUT2D eigenvalue weighted by molar-refractivity contribution is 0.174. The van der Waals surface area contributed by atoms with Crippen molar-refractivity contribution in [3.63, 3.8) is 0 Å². The lowest BCUT2D eigenvalue weighted by Gasteiger charge is -2.08. The van der Waals surface area contributed by atoms with Gasteiger partial charge in [-0.05, 0) is 26.8 Å². The Morgan fingerprint density at radius 2 is 2.09 bits per heavy atom. The smallest absolute Gasteiger partial charge is 0.141 e. The van der Waals surface area contributed by atoms with Crippen molar-refractivity contribution in [1.29, 1.82) is 0 Å². The molecule has 0 rings (SSSR count). The van der Waals surface area contributed by atoms with Crippen molar-refractivity contribution in [3.8, 4) is 12.3 Å². The molecule has 0 bridgehead atoms. The van der Waals surface area contributed by atoms with E-state index in [1.165, 1.54) is 5.57 Å². The molecule has 1 unspecified atom stereocenters. The van der Waals surface area contributed by atoms with E-state index in [0.717, 1.165) is 0 Å². The van der Waals surface area contributed by atoms with Gasteiger partial charge in [0.1, 0.15) is 5.60 Å². The van der Waals surface area contributed by atoms with E-state index in [0.29, 0.717) is 0 Å². The van der Waals surface area contributed by atoms with Crippen LogP contribution in [0, 0.1) is 12.3 Å². The summed E-state index contributed by atoms with van der Waals surface area (Å²) in [6.07, 6.45) is 10.3. The van der Waals surface area contributed by atoms with Gasteiger partial charge in [0.05, 0.1) is 0 Å². The quantitative estimate of drug-likeness (QED) is 0.471. The monoisotopic (exact) mass is 150 g/mol. The molecule has 1 atom stereocenters. The van der Waals surface area contributed by atoms with Crippen LogP contribution in [0.5, 0.6) is 0 Å². The highest BCUT2D eigenvalue weighted by atomic mass is 16.3. The van der Waals surface area contributed by atoms with E-state index < -0.39 is 5.60 Å². The van der Waals surface area contributed by atoms with Gasteiger partial charge in [0.15, 0.2) is 0 Å². The standard InChI is InChI=1S/C10H14O/c1-5-10(4,11)8-6-7-9(2)3/h1,6-8,11H,2-4H3. The minimum atomic E-state index is -1.12. The van der Waals surface area contributed by atoms with E-state index in [9.17, 15) is 5.11 Å². The van der Waals surface area contributed by atoms with Crippen molar-refractivity contribution < 1.29 is 5.11 Å². The van der Waals surface area contributed by atoms with Crippen LogP contribution in [-0.4, -0.2) is 10.7 Å². The molecule has 0 amide bonds. The topological polar surface area (TPSA) is 20.2 Å². The molecule has 11 heavy (non-hydrogen) atoms. The first-order valence-electron chi connectivity index (χ1n) is 3.51. The van der Waals surface area contributed by atoms with E-state index in [-0.39, 0.29) is 0 Å². The fourth-order valence-corrected chi connectivity index (χ4v) is 0.476. The van der Waals surface area contributed by atoms with Crippen molar-refractivity contribution in [2.45, 2.75) is 26.4 Å². The van der Waals surface area contributed by atoms with Crippen LogP contribution < -0.4 is 0 Å². The van der Waals surface area contributed by atoms with Gasteiger partial charge in [0.2, 0.25) is 0 Å². The zero-order valence-electron chi connectivity index (χ0n) is 7.26. The number of allylic oxidation sites excluding steroid dienone is 3. The number of aliphatic hydroxyl groups is 1. The molecular formula is C10H14O. The highest BCUT2D eigenvalue weighted by Crippen LogP contribution is 2.03. The number of rotatable bonds is 2. The molecular weight excluding hydrogens is 136 g/mol. The van der Waals surface area contributed by atoms with E-state index in [1.54, 1.807) is 19.1 Å². The Morgan fingerprint density at radius 3 is 2.45 bits per heavy atom. The summed E-state index contributed by atoms with van der Waals surface area (Å²) in [7, 11) is 0. The van der Waals surface area contributed by atoms with Gasteiger partial charge in [-0.3, -0.25) is 0 Å². The number of hydrogen-bond acceptors (Lipinski definition) is 1. The molecule has 0 aromatic carbocycles. The molecule has 0 saturated heterocycles. The summed E-state index contributed by atoms with van der Waals surface area (Å²) in [6, 6.07) is 0. The van der Waals surface area contributed by atoms with Crippen LogP contribution in [0.2, 0.25) is 0 Å². The van der Waals surface area contributed by atoms with E-state index in [1.807, 2.05) is 19.9 Å². The third kappa shape index (κ3) is 5.44. The molecule has 0 aliphatic carbocycles. The lowest BCUT2D eigenvalue weighted by Crippen LogP contribution is -2.16. The van der Waals surface area contributed by atoms with Crippen molar-refractivity contribution in [1.82, 2.24) is 0 Å². The fraction of sp³-hybridized carbons (Fsp3) is 0.400. The second kappa shape index (κ2) is 4.00. The second-order valence-corrected chi connectivity index (χ2v) is 2.89. The Labute approximate surface area is 68.4 Å². The molecule has 1 N–H and O–H groups in total. The molecule has 60 valence electrons. The predicted octanol–water partition coefficient (Wildman–Crippen LogP) is 1.89. The third-order valence-electron chi connectivity index (χ3n) is 1.14. The SMILES string of the molecule is C#CC(C)(O)C=CC=C(C)C. The third-order valence-corrected chi connectivity index (χ3v) is 1.14. The van der Waals surface area contributed by atoms with Crippen LogP contribution in [0.3, 0.4) is 0 Å². The van der Waals surface area contributed by atoms with Crippen molar-refractivity contribution >= 4 is 0 Å². The van der Waals surface area contributed by atoms with Gasteiger partial charge in [0.25, 0.3) is 0 Å². The Hall–Kier alpha value is -1.00. The van der Waals surface area contributed by atoms with Crippen molar-refractivity contribution in [3.05, 3.63) is 23.8 Å². The number of hydrogen-bond donors (Lipinski definition) is 1. The maximum Gasteiger partial charge on any atom is 0.141 e. The minimum absolute atomic E-state index is 1.12. The van der Waals surface area contributed by atoms with Gasteiger partial charge in [-0.2, -0.15) is 0 Å². The maximum atomic E-state index is 9.28. The molecule has 0 aromatic rings. The summed E-state index contributed by atoms with van der Waals surface area (Å²) in [5.41, 5.74) is 0.0560. The van der Waals surface area contributed by atoms with Gasteiger partial charge in [-0.15, -0.1) is 6.42 Å². The van der Waals surface area contributed by atoms with Gasteiger partial charge < -0.3 is 5.11 Å². The molecule has 0 heterocycles. The van der Waals surface area contributed by atoms with Gasteiger partial charge >= 0.3 is 0 Å². The lowest BCUT2D eigenvalue weighted by atomic mass is 10.1. The Bertz CT molecular complexity index is 210. The summed E-state index contributed by atoms with van der Waals surface area (Å²) >= 11 is 0. The van der Waals surface area contributed by atoms with Crippen molar-refractivity contribution in [2.24, 2.45) is 0 Å². The summed E-state index contributed by atoms with van der Waals surface area (Å²) in [6.45, 7) is 5.53. The van der Waals surface area contributed by atoms with Crippen LogP contribution in [-0.2, 0) is 0 Å². The van der Waals surface area contributed by atoms with Crippen LogP contribution in [0.25, 0.3) is 0 Å².